The van der Waals surface area contributed by atoms with E-state index in [-0.39, 0.29) is 16.1 Å². The lowest BCUT2D eigenvalue weighted by molar-refractivity contribution is 0.294. The Morgan fingerprint density at radius 1 is 1.26 bits per heavy atom. The molecule has 106 valence electrons. The van der Waals surface area contributed by atoms with E-state index in [2.05, 4.69) is 4.72 Å². The summed E-state index contributed by atoms with van der Waals surface area (Å²) in [5, 5.41) is 0.431. The van der Waals surface area contributed by atoms with Crippen molar-refractivity contribution in [2.45, 2.75) is 49.5 Å². The van der Waals surface area contributed by atoms with Gasteiger partial charge in [-0.05, 0) is 38.0 Å². The third-order valence-corrected chi connectivity index (χ3v) is 5.55. The molecule has 0 spiro atoms. The number of nitrogens with one attached hydrogen (secondary N) is 1. The summed E-state index contributed by atoms with van der Waals surface area (Å²) in [5.74, 6) is 0. The molecule has 0 saturated heterocycles. The standard InChI is InChI=1S/C13H19ClN2O2S/c1-13(7-3-2-4-8-13)16-19(17,18)12-6-5-10(14)9-11(12)15/h5-6,9,16H,2-4,7-8,15H2,1H3. The Morgan fingerprint density at radius 3 is 2.47 bits per heavy atom. The average molecular weight is 303 g/mol. The van der Waals surface area contributed by atoms with Crippen LogP contribution >= 0.6 is 11.6 Å². The first kappa shape index (κ1) is 14.6. The summed E-state index contributed by atoms with van der Waals surface area (Å²) in [7, 11) is -3.60. The molecule has 19 heavy (non-hydrogen) atoms. The fraction of sp³-hybridized carbons (Fsp3) is 0.538. The largest absolute Gasteiger partial charge is 0.398 e. The molecular formula is C13H19ClN2O2S. The molecule has 1 aliphatic rings. The van der Waals surface area contributed by atoms with Crippen molar-refractivity contribution in [2.75, 3.05) is 5.73 Å². The van der Waals surface area contributed by atoms with Gasteiger partial charge in [0.15, 0.2) is 0 Å². The maximum atomic E-state index is 12.4. The van der Waals surface area contributed by atoms with Crippen LogP contribution in [0.5, 0.6) is 0 Å². The third-order valence-electron chi connectivity index (χ3n) is 3.60. The van der Waals surface area contributed by atoms with Gasteiger partial charge in [0.1, 0.15) is 4.90 Å². The Hall–Kier alpha value is -0.780. The average Bonchev–Trinajstić information content (AvgIpc) is 2.27. The zero-order valence-electron chi connectivity index (χ0n) is 10.9. The second-order valence-corrected chi connectivity index (χ2v) is 7.50. The zero-order chi connectivity index (χ0) is 14.1. The molecule has 1 fully saturated rings. The Kier molecular flexibility index (Phi) is 4.08. The first-order valence-electron chi connectivity index (χ1n) is 6.41. The van der Waals surface area contributed by atoms with Crippen molar-refractivity contribution >= 4 is 27.3 Å². The lowest BCUT2D eigenvalue weighted by Crippen LogP contribution is -2.47. The van der Waals surface area contributed by atoms with E-state index < -0.39 is 10.0 Å². The molecule has 6 heteroatoms. The van der Waals surface area contributed by atoms with E-state index in [1.54, 1.807) is 0 Å². The van der Waals surface area contributed by atoms with Crippen LogP contribution in [0.4, 0.5) is 5.69 Å². The van der Waals surface area contributed by atoms with Crippen LogP contribution in [0.15, 0.2) is 23.1 Å². The molecule has 0 bridgehead atoms. The first-order chi connectivity index (χ1) is 8.82. The molecule has 4 nitrogen and oxygen atoms in total. The quantitative estimate of drug-likeness (QED) is 0.843. The van der Waals surface area contributed by atoms with E-state index in [1.807, 2.05) is 6.92 Å². The summed E-state index contributed by atoms with van der Waals surface area (Å²) in [4.78, 5) is 0.101. The van der Waals surface area contributed by atoms with E-state index >= 15 is 0 Å². The Morgan fingerprint density at radius 2 is 1.89 bits per heavy atom. The summed E-state index contributed by atoms with van der Waals surface area (Å²) in [5.41, 5.74) is 5.56. The molecule has 0 atom stereocenters. The molecule has 0 radical (unpaired) electrons. The highest BCUT2D eigenvalue weighted by atomic mass is 35.5. The highest BCUT2D eigenvalue weighted by Crippen LogP contribution is 2.30. The first-order valence-corrected chi connectivity index (χ1v) is 8.28. The summed E-state index contributed by atoms with van der Waals surface area (Å²) in [6.07, 6.45) is 4.99. The fourth-order valence-electron chi connectivity index (χ4n) is 2.58. The van der Waals surface area contributed by atoms with Crippen molar-refractivity contribution in [3.8, 4) is 0 Å². The molecule has 1 aliphatic carbocycles. The lowest BCUT2D eigenvalue weighted by atomic mass is 9.84. The second kappa shape index (κ2) is 5.31. The summed E-state index contributed by atoms with van der Waals surface area (Å²) < 4.78 is 27.6. The van der Waals surface area contributed by atoms with E-state index in [0.29, 0.717) is 5.02 Å². The second-order valence-electron chi connectivity index (χ2n) is 5.41. The molecule has 0 unspecified atom stereocenters. The predicted octanol–water partition coefficient (Wildman–Crippen LogP) is 2.92. The molecule has 3 N–H and O–H groups in total. The molecule has 1 aromatic carbocycles. The van der Waals surface area contributed by atoms with Crippen LogP contribution in [0.2, 0.25) is 5.02 Å². The zero-order valence-corrected chi connectivity index (χ0v) is 12.5. The number of halogens is 1. The van der Waals surface area contributed by atoms with Crippen molar-refractivity contribution in [3.63, 3.8) is 0 Å². The van der Waals surface area contributed by atoms with Gasteiger partial charge in [-0.15, -0.1) is 0 Å². The van der Waals surface area contributed by atoms with Gasteiger partial charge in [-0.3, -0.25) is 0 Å². The van der Waals surface area contributed by atoms with Crippen molar-refractivity contribution in [1.29, 1.82) is 0 Å². The van der Waals surface area contributed by atoms with Crippen LogP contribution in [-0.4, -0.2) is 14.0 Å². The van der Waals surface area contributed by atoms with Crippen molar-refractivity contribution in [2.24, 2.45) is 0 Å². The van der Waals surface area contributed by atoms with Crippen LogP contribution in [0, 0.1) is 0 Å². The lowest BCUT2D eigenvalue weighted by Gasteiger charge is -2.34. The van der Waals surface area contributed by atoms with Crippen LogP contribution in [0.3, 0.4) is 0 Å². The van der Waals surface area contributed by atoms with E-state index in [0.717, 1.165) is 25.7 Å². The molecular weight excluding hydrogens is 284 g/mol. The van der Waals surface area contributed by atoms with Gasteiger partial charge < -0.3 is 5.73 Å². The minimum absolute atomic E-state index is 0.101. The summed E-state index contributed by atoms with van der Waals surface area (Å²) in [6, 6.07) is 4.45. The number of hydrogen-bond donors (Lipinski definition) is 2. The van der Waals surface area contributed by atoms with Crippen LogP contribution in [0.25, 0.3) is 0 Å². The number of nitrogen functional groups attached to an aromatic ring is 1. The Labute approximate surface area is 119 Å². The van der Waals surface area contributed by atoms with Crippen molar-refractivity contribution in [3.05, 3.63) is 23.2 Å². The number of hydrogen-bond acceptors (Lipinski definition) is 3. The number of rotatable bonds is 3. The predicted molar refractivity (Wildman–Crippen MR) is 77.7 cm³/mol. The number of nitrogens with two attached hydrogens (primary N) is 1. The normalized spacial score (nSPS) is 19.3. The minimum Gasteiger partial charge on any atom is -0.398 e. The van der Waals surface area contributed by atoms with Gasteiger partial charge in [0.25, 0.3) is 0 Å². The highest BCUT2D eigenvalue weighted by Gasteiger charge is 2.32. The van der Waals surface area contributed by atoms with Crippen LogP contribution < -0.4 is 10.5 Å². The minimum atomic E-state index is -3.60. The number of anilines is 1. The van der Waals surface area contributed by atoms with Gasteiger partial charge in [-0.1, -0.05) is 30.9 Å². The van der Waals surface area contributed by atoms with Gasteiger partial charge in [0.2, 0.25) is 10.0 Å². The SMILES string of the molecule is CC1(NS(=O)(=O)c2ccc(Cl)cc2N)CCCCC1. The summed E-state index contributed by atoms with van der Waals surface area (Å²) >= 11 is 5.79. The maximum absolute atomic E-state index is 12.4. The van der Waals surface area contributed by atoms with Gasteiger partial charge in [-0.25, -0.2) is 13.1 Å². The molecule has 2 rings (SSSR count). The molecule has 0 aromatic heterocycles. The van der Waals surface area contributed by atoms with Crippen molar-refractivity contribution in [1.82, 2.24) is 4.72 Å². The van der Waals surface area contributed by atoms with E-state index in [9.17, 15) is 8.42 Å². The monoisotopic (exact) mass is 302 g/mol. The maximum Gasteiger partial charge on any atom is 0.243 e. The van der Waals surface area contributed by atoms with Crippen LogP contribution in [0.1, 0.15) is 39.0 Å². The topological polar surface area (TPSA) is 72.2 Å². The van der Waals surface area contributed by atoms with E-state index in [1.165, 1.54) is 24.6 Å². The molecule has 1 saturated carbocycles. The summed E-state index contributed by atoms with van der Waals surface area (Å²) in [6.45, 7) is 1.95. The van der Waals surface area contributed by atoms with Gasteiger partial charge in [0, 0.05) is 10.6 Å². The van der Waals surface area contributed by atoms with Gasteiger partial charge >= 0.3 is 0 Å². The highest BCUT2D eigenvalue weighted by molar-refractivity contribution is 7.89. The van der Waals surface area contributed by atoms with Gasteiger partial charge in [-0.2, -0.15) is 0 Å². The van der Waals surface area contributed by atoms with Crippen LogP contribution in [-0.2, 0) is 10.0 Å². The molecule has 1 aromatic rings. The fourth-order valence-corrected chi connectivity index (χ4v) is 4.34. The molecule has 0 heterocycles. The number of sulfonamides is 1. The van der Waals surface area contributed by atoms with Gasteiger partial charge in [0.05, 0.1) is 5.69 Å². The Bertz CT molecular complexity index is 566. The van der Waals surface area contributed by atoms with Crippen molar-refractivity contribution < 1.29 is 8.42 Å². The molecule has 0 aliphatic heterocycles. The third kappa shape index (κ3) is 3.41. The van der Waals surface area contributed by atoms with E-state index in [4.69, 9.17) is 17.3 Å². The molecule has 0 amide bonds. The number of benzene rings is 1. The smallest absolute Gasteiger partial charge is 0.243 e. The Balaban J connectivity index is 2.27.